The van der Waals surface area contributed by atoms with E-state index in [2.05, 4.69) is 4.98 Å². The van der Waals surface area contributed by atoms with E-state index in [0.717, 1.165) is 6.07 Å². The smallest absolute Gasteiger partial charge is 0.321 e. The molecule has 1 aromatic heterocycles. The van der Waals surface area contributed by atoms with Crippen molar-refractivity contribution in [2.45, 2.75) is 0 Å². The third-order valence-corrected chi connectivity index (χ3v) is 4.65. The minimum absolute atomic E-state index is 0.323. The molecule has 3 N–H and O–H groups in total. The fraction of sp³-hybridized carbons (Fsp3) is 0. The van der Waals surface area contributed by atoms with E-state index in [4.69, 9.17) is 11.6 Å². The van der Waals surface area contributed by atoms with Crippen molar-refractivity contribution >= 4 is 35.4 Å². The number of rotatable bonds is 2. The molecule has 0 atom stereocenters. The van der Waals surface area contributed by atoms with Crippen molar-refractivity contribution in [2.75, 3.05) is 0 Å². The number of nitrogens with one attached hydrogen (secondary N) is 1. The number of pyridine rings is 1. The van der Waals surface area contributed by atoms with Crippen LogP contribution in [-0.4, -0.2) is 14.8 Å². The maximum Gasteiger partial charge on any atom is 0.361 e. The monoisotopic (exact) mass is 353 g/mol. The molecule has 0 radical (unpaired) electrons. The van der Waals surface area contributed by atoms with Crippen molar-refractivity contribution in [3.63, 3.8) is 0 Å². The van der Waals surface area contributed by atoms with Crippen molar-refractivity contribution in [3.05, 3.63) is 63.7 Å². The quantitative estimate of drug-likeness (QED) is 0.618. The summed E-state index contributed by atoms with van der Waals surface area (Å²) in [5, 5.41) is 0.118. The van der Waals surface area contributed by atoms with Crippen LogP contribution in [0.25, 0.3) is 22.0 Å². The summed E-state index contributed by atoms with van der Waals surface area (Å²) in [6.07, 6.45) is 0. The van der Waals surface area contributed by atoms with E-state index in [1.807, 2.05) is 0 Å². The number of fused-ring (bicyclic) bond motifs is 1. The lowest BCUT2D eigenvalue weighted by Gasteiger charge is -2.09. The second-order valence-electron chi connectivity index (χ2n) is 4.95. The lowest BCUT2D eigenvalue weighted by molar-refractivity contribution is 0.387. The van der Waals surface area contributed by atoms with Gasteiger partial charge in [0, 0.05) is 11.1 Å². The summed E-state index contributed by atoms with van der Waals surface area (Å²) >= 11 is 6.19. The molecule has 118 valence electrons. The Morgan fingerprint density at radius 1 is 1.09 bits per heavy atom. The van der Waals surface area contributed by atoms with Crippen molar-refractivity contribution in [2.24, 2.45) is 0 Å². The molecule has 0 bridgehead atoms. The van der Waals surface area contributed by atoms with Gasteiger partial charge in [0.15, 0.2) is 0 Å². The Bertz CT molecular complexity index is 1010. The van der Waals surface area contributed by atoms with Crippen LogP contribution in [0.4, 0.5) is 4.39 Å². The van der Waals surface area contributed by atoms with Crippen LogP contribution < -0.4 is 10.9 Å². The van der Waals surface area contributed by atoms with Crippen LogP contribution in [0.1, 0.15) is 0 Å². The maximum atomic E-state index is 13.0. The average molecular weight is 354 g/mol. The molecule has 0 aliphatic heterocycles. The van der Waals surface area contributed by atoms with Crippen LogP contribution in [0.15, 0.2) is 47.3 Å². The van der Waals surface area contributed by atoms with Crippen LogP contribution in [-0.2, 0) is 4.57 Å². The summed E-state index contributed by atoms with van der Waals surface area (Å²) < 4.78 is 24.4. The van der Waals surface area contributed by atoms with Crippen molar-refractivity contribution in [3.8, 4) is 11.1 Å². The maximum absolute atomic E-state index is 13.0. The molecule has 3 aromatic rings. The van der Waals surface area contributed by atoms with Crippen LogP contribution in [0, 0.1) is 5.82 Å². The van der Waals surface area contributed by atoms with E-state index in [0.29, 0.717) is 27.1 Å². The van der Waals surface area contributed by atoms with Gasteiger partial charge in [-0.25, -0.2) is 4.39 Å². The third kappa shape index (κ3) is 3.07. The van der Waals surface area contributed by atoms with Gasteiger partial charge in [-0.05, 0) is 41.3 Å². The molecule has 23 heavy (non-hydrogen) atoms. The van der Waals surface area contributed by atoms with Gasteiger partial charge in [-0.1, -0.05) is 23.7 Å². The molecule has 1 heterocycles. The van der Waals surface area contributed by atoms with E-state index in [1.165, 1.54) is 30.3 Å². The molecule has 0 amide bonds. The molecule has 5 nitrogen and oxygen atoms in total. The number of benzene rings is 2. The second-order valence-corrected chi connectivity index (χ2v) is 6.93. The van der Waals surface area contributed by atoms with Crippen LogP contribution >= 0.6 is 19.2 Å². The summed E-state index contributed by atoms with van der Waals surface area (Å²) in [4.78, 5) is 32.6. The first-order valence-corrected chi connectivity index (χ1v) is 8.43. The summed E-state index contributed by atoms with van der Waals surface area (Å²) in [7, 11) is -4.69. The van der Waals surface area contributed by atoms with Gasteiger partial charge < -0.3 is 14.8 Å². The number of halogens is 2. The molecular weight excluding hydrogens is 344 g/mol. The average Bonchev–Trinajstić information content (AvgIpc) is 2.46. The highest BCUT2D eigenvalue weighted by atomic mass is 35.5. The largest absolute Gasteiger partial charge is 0.361 e. The number of H-pyrrole nitrogens is 1. The zero-order valence-corrected chi connectivity index (χ0v) is 13.1. The number of aromatic amines is 1. The van der Waals surface area contributed by atoms with Gasteiger partial charge in [0.1, 0.15) is 11.1 Å². The Morgan fingerprint density at radius 2 is 1.74 bits per heavy atom. The highest BCUT2D eigenvalue weighted by Crippen LogP contribution is 2.34. The van der Waals surface area contributed by atoms with E-state index in [1.54, 1.807) is 6.07 Å². The highest BCUT2D eigenvalue weighted by Gasteiger charge is 2.22. The van der Waals surface area contributed by atoms with Crippen molar-refractivity contribution < 1.29 is 18.7 Å². The molecule has 0 saturated carbocycles. The predicted octanol–water partition coefficient (Wildman–Crippen LogP) is 2.79. The lowest BCUT2D eigenvalue weighted by atomic mass is 10.0. The van der Waals surface area contributed by atoms with Crippen LogP contribution in [0.3, 0.4) is 0 Å². The van der Waals surface area contributed by atoms with Crippen molar-refractivity contribution in [1.29, 1.82) is 0 Å². The molecule has 0 fully saturated rings. The van der Waals surface area contributed by atoms with Gasteiger partial charge in [-0.15, -0.1) is 0 Å². The molecule has 2 aromatic carbocycles. The zero-order valence-electron chi connectivity index (χ0n) is 11.5. The summed E-state index contributed by atoms with van der Waals surface area (Å²) in [5.74, 6) is -0.390. The van der Waals surface area contributed by atoms with Gasteiger partial charge in [-0.3, -0.25) is 9.36 Å². The van der Waals surface area contributed by atoms with E-state index >= 15 is 0 Å². The molecular formula is C15H10ClFNO4P. The molecule has 0 aliphatic carbocycles. The zero-order chi connectivity index (χ0) is 16.8. The van der Waals surface area contributed by atoms with Gasteiger partial charge in [0.2, 0.25) is 0 Å². The standard InChI is InChI=1S/C15H10ClFNO4P/c16-12-7-13-9(6-14(15(19)18-13)23(20,21)22)5-11(12)8-1-3-10(17)4-2-8/h1-7H,(H,18,19)(H2,20,21,22). The number of aromatic nitrogens is 1. The van der Waals surface area contributed by atoms with E-state index in [-0.39, 0.29) is 0 Å². The minimum Gasteiger partial charge on any atom is -0.321 e. The summed E-state index contributed by atoms with van der Waals surface area (Å²) in [6.45, 7) is 0. The van der Waals surface area contributed by atoms with Gasteiger partial charge in [0.05, 0.1) is 5.02 Å². The first-order valence-electron chi connectivity index (χ1n) is 6.44. The summed E-state index contributed by atoms with van der Waals surface area (Å²) in [5.41, 5.74) is 0.685. The molecule has 8 heteroatoms. The Morgan fingerprint density at radius 3 is 2.35 bits per heavy atom. The second kappa shape index (κ2) is 5.58. The molecule has 3 rings (SSSR count). The normalized spacial score (nSPS) is 11.8. The molecule has 0 saturated heterocycles. The fourth-order valence-corrected chi connectivity index (χ4v) is 3.18. The van der Waals surface area contributed by atoms with Crippen LogP contribution in [0.2, 0.25) is 5.02 Å². The first kappa shape index (κ1) is 15.9. The fourth-order valence-electron chi connectivity index (χ4n) is 2.28. The van der Waals surface area contributed by atoms with E-state index < -0.39 is 24.3 Å². The van der Waals surface area contributed by atoms with Crippen molar-refractivity contribution in [1.82, 2.24) is 4.98 Å². The van der Waals surface area contributed by atoms with Crippen LogP contribution in [0.5, 0.6) is 0 Å². The topological polar surface area (TPSA) is 90.4 Å². The Kier molecular flexibility index (Phi) is 3.86. The predicted molar refractivity (Wildman–Crippen MR) is 86.7 cm³/mol. The Balaban J connectivity index is 2.27. The first-order chi connectivity index (χ1) is 10.8. The van der Waals surface area contributed by atoms with Gasteiger partial charge in [-0.2, -0.15) is 0 Å². The minimum atomic E-state index is -4.69. The SMILES string of the molecule is O=c1[nH]c2cc(Cl)c(-c3ccc(F)cc3)cc2cc1P(=O)(O)O. The Labute approximate surface area is 134 Å². The lowest BCUT2D eigenvalue weighted by Crippen LogP contribution is -2.26. The van der Waals surface area contributed by atoms with E-state index in [9.17, 15) is 23.5 Å². The number of hydrogen-bond acceptors (Lipinski definition) is 2. The molecule has 0 aliphatic rings. The highest BCUT2D eigenvalue weighted by molar-refractivity contribution is 7.60. The Hall–Kier alpha value is -1.98. The summed E-state index contributed by atoms with van der Waals surface area (Å²) in [6, 6.07) is 9.85. The van der Waals surface area contributed by atoms with Gasteiger partial charge in [0.25, 0.3) is 5.56 Å². The number of hydrogen-bond donors (Lipinski definition) is 3. The molecule has 0 unspecified atom stereocenters. The van der Waals surface area contributed by atoms with Gasteiger partial charge >= 0.3 is 7.60 Å². The molecule has 0 spiro atoms. The third-order valence-electron chi connectivity index (χ3n) is 3.38.